The van der Waals surface area contributed by atoms with Gasteiger partial charge in [-0.3, -0.25) is 9.78 Å². The van der Waals surface area contributed by atoms with E-state index >= 15 is 0 Å². The predicted octanol–water partition coefficient (Wildman–Crippen LogP) is 2.77. The van der Waals surface area contributed by atoms with Crippen LogP contribution in [0.1, 0.15) is 12.8 Å². The SMILES string of the molecule is NC(=O)C1CCN(c2c(S(=O)(=O)c3ccccc3)cnc3ccccc23)CC1. The van der Waals surface area contributed by atoms with E-state index in [1.165, 1.54) is 6.20 Å². The first-order chi connectivity index (χ1) is 13.5. The molecule has 28 heavy (non-hydrogen) atoms. The van der Waals surface area contributed by atoms with Crippen molar-refractivity contribution in [2.24, 2.45) is 11.7 Å². The van der Waals surface area contributed by atoms with E-state index in [4.69, 9.17) is 5.73 Å². The highest BCUT2D eigenvalue weighted by Crippen LogP contribution is 2.37. The fourth-order valence-electron chi connectivity index (χ4n) is 3.75. The molecule has 0 spiro atoms. The molecule has 4 rings (SSSR count). The number of benzene rings is 2. The number of fused-ring (bicyclic) bond motifs is 1. The summed E-state index contributed by atoms with van der Waals surface area (Å²) in [5, 5.41) is 0.789. The average molecular weight is 395 g/mol. The van der Waals surface area contributed by atoms with E-state index in [1.54, 1.807) is 30.3 Å². The highest BCUT2D eigenvalue weighted by molar-refractivity contribution is 7.91. The van der Waals surface area contributed by atoms with Crippen molar-refractivity contribution in [3.63, 3.8) is 0 Å². The zero-order valence-electron chi connectivity index (χ0n) is 15.3. The quantitative estimate of drug-likeness (QED) is 0.733. The maximum absolute atomic E-state index is 13.4. The van der Waals surface area contributed by atoms with Gasteiger partial charge in [0.25, 0.3) is 0 Å². The molecule has 1 amide bonds. The van der Waals surface area contributed by atoms with Gasteiger partial charge in [-0.25, -0.2) is 8.42 Å². The summed E-state index contributed by atoms with van der Waals surface area (Å²) in [7, 11) is -3.74. The largest absolute Gasteiger partial charge is 0.370 e. The number of primary amides is 1. The lowest BCUT2D eigenvalue weighted by molar-refractivity contribution is -0.122. The normalized spacial score (nSPS) is 15.6. The van der Waals surface area contributed by atoms with Crippen LogP contribution in [0.25, 0.3) is 10.9 Å². The molecule has 7 heteroatoms. The molecule has 1 saturated heterocycles. The van der Waals surface area contributed by atoms with E-state index in [2.05, 4.69) is 4.98 Å². The number of nitrogens with two attached hydrogens (primary N) is 1. The minimum absolute atomic E-state index is 0.168. The monoisotopic (exact) mass is 395 g/mol. The third kappa shape index (κ3) is 3.22. The first-order valence-electron chi connectivity index (χ1n) is 9.20. The van der Waals surface area contributed by atoms with E-state index in [0.717, 1.165) is 10.9 Å². The number of hydrogen-bond acceptors (Lipinski definition) is 5. The zero-order chi connectivity index (χ0) is 19.7. The molecule has 2 heterocycles. The molecule has 1 aliphatic rings. The van der Waals surface area contributed by atoms with Gasteiger partial charge in [-0.1, -0.05) is 36.4 Å². The number of pyridine rings is 1. The number of anilines is 1. The molecule has 0 atom stereocenters. The Bertz CT molecular complexity index is 1120. The van der Waals surface area contributed by atoms with Crippen LogP contribution in [0.5, 0.6) is 0 Å². The van der Waals surface area contributed by atoms with Crippen molar-refractivity contribution in [3.8, 4) is 0 Å². The van der Waals surface area contributed by atoms with Gasteiger partial charge in [0.2, 0.25) is 15.7 Å². The Kier molecular flexibility index (Phi) is 4.77. The molecule has 2 N–H and O–H groups in total. The lowest BCUT2D eigenvalue weighted by atomic mass is 9.95. The van der Waals surface area contributed by atoms with Gasteiger partial charge in [0.15, 0.2) is 0 Å². The Balaban J connectivity index is 1.87. The number of carbonyl (C=O) groups is 1. The van der Waals surface area contributed by atoms with Gasteiger partial charge in [0.05, 0.1) is 16.1 Å². The summed E-state index contributed by atoms with van der Waals surface area (Å²) in [4.78, 5) is 18.4. The van der Waals surface area contributed by atoms with Gasteiger partial charge in [-0.05, 0) is 31.0 Å². The van der Waals surface area contributed by atoms with Crippen molar-refractivity contribution in [2.75, 3.05) is 18.0 Å². The van der Waals surface area contributed by atoms with Crippen molar-refractivity contribution in [1.82, 2.24) is 4.98 Å². The second-order valence-corrected chi connectivity index (χ2v) is 8.89. The average Bonchev–Trinajstić information content (AvgIpc) is 2.73. The van der Waals surface area contributed by atoms with E-state index in [9.17, 15) is 13.2 Å². The highest BCUT2D eigenvalue weighted by atomic mass is 32.2. The molecule has 2 aromatic carbocycles. The second kappa shape index (κ2) is 7.24. The molecule has 0 aliphatic carbocycles. The summed E-state index contributed by atoms with van der Waals surface area (Å²) in [6.07, 6.45) is 2.66. The highest BCUT2D eigenvalue weighted by Gasteiger charge is 2.30. The maximum Gasteiger partial charge on any atom is 0.220 e. The summed E-state index contributed by atoms with van der Waals surface area (Å²) in [6, 6.07) is 15.9. The Morgan fingerprint density at radius 1 is 1.00 bits per heavy atom. The number of rotatable bonds is 4. The zero-order valence-corrected chi connectivity index (χ0v) is 16.1. The van der Waals surface area contributed by atoms with Crippen LogP contribution in [-0.4, -0.2) is 32.4 Å². The Morgan fingerprint density at radius 3 is 2.32 bits per heavy atom. The van der Waals surface area contributed by atoms with Crippen LogP contribution in [0.3, 0.4) is 0 Å². The Hall–Kier alpha value is -2.93. The molecule has 0 saturated carbocycles. The summed E-state index contributed by atoms with van der Waals surface area (Å²) >= 11 is 0. The smallest absolute Gasteiger partial charge is 0.220 e. The van der Waals surface area contributed by atoms with Gasteiger partial charge in [-0.2, -0.15) is 0 Å². The van der Waals surface area contributed by atoms with E-state index in [0.29, 0.717) is 31.6 Å². The Morgan fingerprint density at radius 2 is 1.64 bits per heavy atom. The van der Waals surface area contributed by atoms with Gasteiger partial charge in [-0.15, -0.1) is 0 Å². The molecule has 1 aliphatic heterocycles. The number of sulfone groups is 1. The molecular weight excluding hydrogens is 374 g/mol. The number of piperidine rings is 1. The van der Waals surface area contributed by atoms with Crippen molar-refractivity contribution in [3.05, 3.63) is 60.8 Å². The molecule has 1 fully saturated rings. The van der Waals surface area contributed by atoms with Crippen LogP contribution in [0, 0.1) is 5.92 Å². The van der Waals surface area contributed by atoms with Crippen LogP contribution < -0.4 is 10.6 Å². The van der Waals surface area contributed by atoms with Crippen molar-refractivity contribution < 1.29 is 13.2 Å². The molecule has 3 aromatic rings. The van der Waals surface area contributed by atoms with Gasteiger partial charge >= 0.3 is 0 Å². The molecule has 0 bridgehead atoms. The molecule has 144 valence electrons. The molecule has 1 aromatic heterocycles. The van der Waals surface area contributed by atoms with Crippen LogP contribution in [-0.2, 0) is 14.6 Å². The van der Waals surface area contributed by atoms with Crippen molar-refractivity contribution in [1.29, 1.82) is 0 Å². The Labute approximate surface area is 163 Å². The number of carbonyl (C=O) groups excluding carboxylic acids is 1. The number of hydrogen-bond donors (Lipinski definition) is 1. The lowest BCUT2D eigenvalue weighted by Gasteiger charge is -2.34. The number of amides is 1. The lowest BCUT2D eigenvalue weighted by Crippen LogP contribution is -2.39. The van der Waals surface area contributed by atoms with Crippen LogP contribution in [0.15, 0.2) is 70.6 Å². The predicted molar refractivity (Wildman–Crippen MR) is 108 cm³/mol. The first-order valence-corrected chi connectivity index (χ1v) is 10.7. The summed E-state index contributed by atoms with van der Waals surface area (Å²) in [5.41, 5.74) is 6.84. The fraction of sp³-hybridized carbons (Fsp3) is 0.238. The van der Waals surface area contributed by atoms with Crippen LogP contribution in [0.4, 0.5) is 5.69 Å². The number of nitrogens with zero attached hydrogens (tertiary/aromatic N) is 2. The number of para-hydroxylation sites is 1. The summed E-state index contributed by atoms with van der Waals surface area (Å²) < 4.78 is 26.7. The maximum atomic E-state index is 13.4. The van der Waals surface area contributed by atoms with Gasteiger partial charge < -0.3 is 10.6 Å². The minimum Gasteiger partial charge on any atom is -0.370 e. The summed E-state index contributed by atoms with van der Waals surface area (Å²) in [5.74, 6) is -0.463. The summed E-state index contributed by atoms with van der Waals surface area (Å²) in [6.45, 7) is 1.14. The van der Waals surface area contributed by atoms with E-state index < -0.39 is 9.84 Å². The first kappa shape index (κ1) is 18.4. The van der Waals surface area contributed by atoms with Crippen molar-refractivity contribution >= 4 is 32.3 Å². The topological polar surface area (TPSA) is 93.4 Å². The van der Waals surface area contributed by atoms with Crippen molar-refractivity contribution in [2.45, 2.75) is 22.6 Å². The van der Waals surface area contributed by atoms with Gasteiger partial charge in [0.1, 0.15) is 4.90 Å². The second-order valence-electron chi connectivity index (χ2n) is 6.97. The fourth-order valence-corrected chi connectivity index (χ4v) is 5.20. The van der Waals surface area contributed by atoms with E-state index in [1.807, 2.05) is 29.2 Å². The van der Waals surface area contributed by atoms with Crippen LogP contribution >= 0.6 is 0 Å². The van der Waals surface area contributed by atoms with E-state index in [-0.39, 0.29) is 21.6 Å². The van der Waals surface area contributed by atoms with Crippen LogP contribution in [0.2, 0.25) is 0 Å². The standard InChI is InChI=1S/C21H21N3O3S/c22-21(25)15-10-12-24(13-11-15)20-17-8-4-5-9-18(17)23-14-19(20)28(26,27)16-6-2-1-3-7-16/h1-9,14-15H,10-13H2,(H2,22,25). The minimum atomic E-state index is -3.74. The molecular formula is C21H21N3O3S. The molecule has 0 radical (unpaired) electrons. The number of aromatic nitrogens is 1. The third-order valence-corrected chi connectivity index (χ3v) is 7.04. The van der Waals surface area contributed by atoms with Gasteiger partial charge in [0, 0.05) is 30.6 Å². The molecule has 0 unspecified atom stereocenters. The molecule has 6 nitrogen and oxygen atoms in total. The third-order valence-electron chi connectivity index (χ3n) is 5.27.